The summed E-state index contributed by atoms with van der Waals surface area (Å²) >= 11 is 0.832. The van der Waals surface area contributed by atoms with Gasteiger partial charge in [0.1, 0.15) is 5.44 Å². The summed E-state index contributed by atoms with van der Waals surface area (Å²) in [6, 6.07) is 3.13. The van der Waals surface area contributed by atoms with Crippen molar-refractivity contribution in [2.24, 2.45) is 0 Å². The van der Waals surface area contributed by atoms with Crippen molar-refractivity contribution in [3.8, 4) is 0 Å². The Bertz CT molecular complexity index is 661. The number of nitrogens with one attached hydrogen (secondary N) is 2. The zero-order chi connectivity index (χ0) is 20.2. The molecule has 4 atom stereocenters. The zero-order valence-corrected chi connectivity index (χ0v) is 15.0. The second kappa shape index (κ2) is 9.18. The maximum Gasteiger partial charge on any atom is 0.417 e. The van der Waals surface area contributed by atoms with Crippen LogP contribution in [0.4, 0.5) is 22.0 Å². The first-order valence-electron chi connectivity index (χ1n) is 7.99. The maximum atomic E-state index is 13.7. The molecule has 0 spiro atoms. The number of hydrogen-bond acceptors (Lipinski definition) is 5. The molecule has 0 bridgehead atoms. The van der Waals surface area contributed by atoms with Crippen LogP contribution in [0, 0.1) is 17.0 Å². The molecule has 1 aliphatic heterocycles. The molecule has 1 aliphatic rings. The van der Waals surface area contributed by atoms with Gasteiger partial charge in [-0.15, -0.1) is 0 Å². The molecule has 1 aromatic rings. The largest absolute Gasteiger partial charge is 0.417 e. The molecular formula is C16H19F5N2O3S. The lowest BCUT2D eigenvalue weighted by Crippen LogP contribution is -2.49. The fourth-order valence-electron chi connectivity index (χ4n) is 2.61. The fourth-order valence-corrected chi connectivity index (χ4v) is 3.50. The van der Waals surface area contributed by atoms with Gasteiger partial charge in [0.05, 0.1) is 18.8 Å². The van der Waals surface area contributed by atoms with E-state index in [1.807, 2.05) is 0 Å². The summed E-state index contributed by atoms with van der Waals surface area (Å²) < 4.78 is 77.4. The van der Waals surface area contributed by atoms with E-state index in [9.17, 15) is 27.1 Å². The van der Waals surface area contributed by atoms with Gasteiger partial charge in [0.2, 0.25) is 0 Å². The van der Waals surface area contributed by atoms with E-state index in [1.165, 1.54) is 7.05 Å². The van der Waals surface area contributed by atoms with Gasteiger partial charge in [-0.3, -0.25) is 5.41 Å². The number of rotatable bonds is 5. The van der Waals surface area contributed by atoms with Crippen molar-refractivity contribution in [1.29, 1.82) is 5.41 Å². The predicted octanol–water partition coefficient (Wildman–Crippen LogP) is 3.17. The molecule has 2 rings (SSSR count). The lowest BCUT2D eigenvalue weighted by atomic mass is 10.0. The van der Waals surface area contributed by atoms with Gasteiger partial charge in [-0.2, -0.15) is 13.2 Å². The Kier molecular flexibility index (Phi) is 7.43. The standard InChI is InChI=1S/C16H19F5N2O3S/c1-23-15(22)27-12-6-9(24)5-11(26-12)14(16(19,20)21)25-7-8-3-2-4-10(17)13(8)18/h2-4,9,11-12,14,24H,5-7H2,1H3,(H2,22,23)/t9-,11-,12?,14+/m0/s1. The Labute approximate surface area is 156 Å². The first-order chi connectivity index (χ1) is 12.6. The Morgan fingerprint density at radius 2 is 2.11 bits per heavy atom. The van der Waals surface area contributed by atoms with Gasteiger partial charge in [0.25, 0.3) is 0 Å². The maximum absolute atomic E-state index is 13.7. The van der Waals surface area contributed by atoms with Crippen LogP contribution in [0.25, 0.3) is 0 Å². The first kappa shape index (κ1) is 21.9. The molecule has 1 fully saturated rings. The lowest BCUT2D eigenvalue weighted by Gasteiger charge is -2.37. The van der Waals surface area contributed by atoms with Crippen molar-refractivity contribution in [1.82, 2.24) is 5.32 Å². The highest BCUT2D eigenvalue weighted by Gasteiger charge is 2.49. The molecule has 0 amide bonds. The van der Waals surface area contributed by atoms with Crippen molar-refractivity contribution >= 4 is 16.9 Å². The van der Waals surface area contributed by atoms with E-state index in [1.54, 1.807) is 0 Å². The van der Waals surface area contributed by atoms with Gasteiger partial charge in [-0.1, -0.05) is 23.9 Å². The number of thioether (sulfide) groups is 1. The summed E-state index contributed by atoms with van der Waals surface area (Å²) in [7, 11) is 1.47. The van der Waals surface area contributed by atoms with Crippen LogP contribution in [-0.2, 0) is 16.1 Å². The van der Waals surface area contributed by atoms with Crippen LogP contribution >= 0.6 is 11.8 Å². The van der Waals surface area contributed by atoms with E-state index >= 15 is 0 Å². The average Bonchev–Trinajstić information content (AvgIpc) is 2.57. The highest BCUT2D eigenvalue weighted by Crippen LogP contribution is 2.36. The first-order valence-corrected chi connectivity index (χ1v) is 8.87. The van der Waals surface area contributed by atoms with Crippen molar-refractivity contribution in [3.63, 3.8) is 0 Å². The number of benzene rings is 1. The van der Waals surface area contributed by atoms with E-state index in [2.05, 4.69) is 5.32 Å². The number of halogens is 5. The third-order valence-electron chi connectivity index (χ3n) is 3.88. The second-order valence-electron chi connectivity index (χ2n) is 5.91. The highest BCUT2D eigenvalue weighted by molar-refractivity contribution is 8.14. The number of amidine groups is 1. The highest BCUT2D eigenvalue weighted by atomic mass is 32.2. The number of hydrogen-bond donors (Lipinski definition) is 3. The molecule has 0 aromatic heterocycles. The van der Waals surface area contributed by atoms with Gasteiger partial charge in [-0.05, 0) is 6.07 Å². The second-order valence-corrected chi connectivity index (χ2v) is 7.08. The Morgan fingerprint density at radius 1 is 1.41 bits per heavy atom. The minimum absolute atomic E-state index is 0.0286. The molecule has 1 heterocycles. The Hall–Kier alpha value is -1.43. The molecule has 0 saturated carbocycles. The average molecular weight is 414 g/mol. The summed E-state index contributed by atoms with van der Waals surface area (Å²) in [6.07, 6.45) is -10.2. The fraction of sp³-hybridized carbons (Fsp3) is 0.562. The van der Waals surface area contributed by atoms with Gasteiger partial charge in [-0.25, -0.2) is 8.78 Å². The third kappa shape index (κ3) is 6.03. The predicted molar refractivity (Wildman–Crippen MR) is 89.3 cm³/mol. The van der Waals surface area contributed by atoms with Crippen LogP contribution in [-0.4, -0.2) is 47.2 Å². The van der Waals surface area contributed by atoms with Crippen LogP contribution in [0.2, 0.25) is 0 Å². The number of alkyl halides is 3. The summed E-state index contributed by atoms with van der Waals surface area (Å²) in [5.74, 6) is -2.47. The number of ether oxygens (including phenoxy) is 2. The molecule has 1 saturated heterocycles. The molecule has 0 aliphatic carbocycles. The minimum Gasteiger partial charge on any atom is -0.393 e. The molecule has 27 heavy (non-hydrogen) atoms. The molecule has 5 nitrogen and oxygen atoms in total. The quantitative estimate of drug-likeness (QED) is 0.392. The van der Waals surface area contributed by atoms with Crippen molar-refractivity contribution in [3.05, 3.63) is 35.4 Å². The van der Waals surface area contributed by atoms with Gasteiger partial charge >= 0.3 is 6.18 Å². The van der Waals surface area contributed by atoms with Gasteiger partial charge < -0.3 is 19.9 Å². The number of aliphatic hydroxyl groups is 1. The summed E-state index contributed by atoms with van der Waals surface area (Å²) in [5.41, 5.74) is -1.23. The van der Waals surface area contributed by atoms with E-state index in [4.69, 9.17) is 14.9 Å². The molecule has 3 N–H and O–H groups in total. The van der Waals surface area contributed by atoms with E-state index < -0.39 is 48.2 Å². The van der Waals surface area contributed by atoms with Gasteiger partial charge in [0.15, 0.2) is 22.9 Å². The van der Waals surface area contributed by atoms with E-state index in [-0.39, 0.29) is 23.6 Å². The molecular weight excluding hydrogens is 395 g/mol. The van der Waals surface area contributed by atoms with E-state index in [0.717, 1.165) is 30.0 Å². The van der Waals surface area contributed by atoms with Crippen LogP contribution < -0.4 is 5.32 Å². The monoisotopic (exact) mass is 414 g/mol. The van der Waals surface area contributed by atoms with Gasteiger partial charge in [0, 0.05) is 25.5 Å². The Balaban J connectivity index is 2.12. The summed E-state index contributed by atoms with van der Waals surface area (Å²) in [5, 5.41) is 19.9. The molecule has 1 aromatic carbocycles. The molecule has 1 unspecified atom stereocenters. The van der Waals surface area contributed by atoms with Crippen LogP contribution in [0.3, 0.4) is 0 Å². The zero-order valence-electron chi connectivity index (χ0n) is 14.2. The topological polar surface area (TPSA) is 74.6 Å². The molecule has 0 radical (unpaired) electrons. The molecule has 152 valence electrons. The van der Waals surface area contributed by atoms with Crippen molar-refractivity contribution in [2.45, 2.75) is 49.4 Å². The summed E-state index contributed by atoms with van der Waals surface area (Å²) in [4.78, 5) is 0. The third-order valence-corrected chi connectivity index (χ3v) is 4.89. The van der Waals surface area contributed by atoms with Crippen LogP contribution in [0.15, 0.2) is 18.2 Å². The normalized spacial score (nSPS) is 24.5. The smallest absolute Gasteiger partial charge is 0.393 e. The Morgan fingerprint density at radius 3 is 2.74 bits per heavy atom. The molecule has 11 heteroatoms. The minimum atomic E-state index is -4.85. The van der Waals surface area contributed by atoms with E-state index in [0.29, 0.717) is 0 Å². The SMILES string of the molecule is CNC(=N)SC1C[C@@H](O)C[C@@H]([C@@H](OCc2cccc(F)c2F)C(F)(F)F)O1. The van der Waals surface area contributed by atoms with Crippen LogP contribution in [0.5, 0.6) is 0 Å². The van der Waals surface area contributed by atoms with Crippen LogP contribution in [0.1, 0.15) is 18.4 Å². The number of aliphatic hydroxyl groups excluding tert-OH is 1. The summed E-state index contributed by atoms with van der Waals surface area (Å²) in [6.45, 7) is -0.812. The lowest BCUT2D eigenvalue weighted by molar-refractivity contribution is -0.266. The van der Waals surface area contributed by atoms with Crippen molar-refractivity contribution < 1.29 is 36.5 Å². The van der Waals surface area contributed by atoms with Crippen molar-refractivity contribution in [2.75, 3.05) is 7.05 Å².